The Kier molecular flexibility index (Phi) is 5.76. The molecule has 0 amide bonds. The highest BCUT2D eigenvalue weighted by atomic mass is 79.9. The Balaban J connectivity index is 2.76. The predicted octanol–water partition coefficient (Wildman–Crippen LogP) is 5.16. The molecule has 0 saturated carbocycles. The van der Waals surface area contributed by atoms with Crippen molar-refractivity contribution in [1.82, 2.24) is 0 Å². The number of halogens is 1. The molecule has 1 nitrogen and oxygen atoms in total. The Hall–Kier alpha value is -0.760. The van der Waals surface area contributed by atoms with Crippen molar-refractivity contribution in [2.75, 3.05) is 6.61 Å². The second kappa shape index (κ2) is 6.85. The minimum Gasteiger partial charge on any atom is -0.488 e. The molecule has 94 valence electrons. The number of hydrogen-bond donors (Lipinski definition) is 0. The normalized spacial score (nSPS) is 11.7. The maximum absolute atomic E-state index is 5.85. The van der Waals surface area contributed by atoms with Crippen LogP contribution in [0.3, 0.4) is 0 Å². The van der Waals surface area contributed by atoms with E-state index in [1.807, 2.05) is 6.07 Å². The van der Waals surface area contributed by atoms with Gasteiger partial charge in [-0.2, -0.15) is 0 Å². The fraction of sp³-hybridized carbons (Fsp3) is 0.467. The second-order valence-corrected chi connectivity index (χ2v) is 5.65. The summed E-state index contributed by atoms with van der Waals surface area (Å²) in [6.07, 6.45) is 4.24. The molecule has 17 heavy (non-hydrogen) atoms. The summed E-state index contributed by atoms with van der Waals surface area (Å²) in [4.78, 5) is 0. The van der Waals surface area contributed by atoms with Crippen LogP contribution in [0.25, 0.3) is 0 Å². The van der Waals surface area contributed by atoms with E-state index in [4.69, 9.17) is 4.74 Å². The molecule has 2 heteroatoms. The van der Waals surface area contributed by atoms with Crippen LogP contribution < -0.4 is 4.74 Å². The summed E-state index contributed by atoms with van der Waals surface area (Å²) in [5.41, 5.74) is 1.25. The number of rotatable bonds is 5. The molecule has 1 aromatic rings. The van der Waals surface area contributed by atoms with Crippen molar-refractivity contribution in [2.45, 2.75) is 33.6 Å². The minimum atomic E-state index is 0.469. The lowest BCUT2D eigenvalue weighted by Gasteiger charge is -2.14. The average molecular weight is 297 g/mol. The molecular formula is C15H21BrO. The van der Waals surface area contributed by atoms with Crippen molar-refractivity contribution in [3.8, 4) is 5.75 Å². The molecule has 0 aliphatic heterocycles. The topological polar surface area (TPSA) is 9.23 Å². The molecule has 0 unspecified atom stereocenters. The Morgan fingerprint density at radius 2 is 1.94 bits per heavy atom. The SMILES string of the molecule is CC(C)/C=C/COc1c(Br)cccc1C(C)C. The van der Waals surface area contributed by atoms with Gasteiger partial charge in [-0.25, -0.2) is 0 Å². The Morgan fingerprint density at radius 3 is 2.53 bits per heavy atom. The van der Waals surface area contributed by atoms with Crippen LogP contribution in [0.2, 0.25) is 0 Å². The van der Waals surface area contributed by atoms with Gasteiger partial charge in [-0.1, -0.05) is 52.0 Å². The summed E-state index contributed by atoms with van der Waals surface area (Å²) >= 11 is 3.55. The van der Waals surface area contributed by atoms with E-state index in [1.165, 1.54) is 5.56 Å². The van der Waals surface area contributed by atoms with Gasteiger partial charge in [0.2, 0.25) is 0 Å². The first-order valence-corrected chi connectivity index (χ1v) is 6.89. The fourth-order valence-corrected chi connectivity index (χ4v) is 2.09. The lowest BCUT2D eigenvalue weighted by Crippen LogP contribution is -2.00. The van der Waals surface area contributed by atoms with Crippen LogP contribution in [0.1, 0.15) is 39.2 Å². The summed E-state index contributed by atoms with van der Waals surface area (Å²) < 4.78 is 6.88. The first-order chi connectivity index (χ1) is 8.02. The number of para-hydroxylation sites is 1. The first kappa shape index (κ1) is 14.3. The molecule has 0 N–H and O–H groups in total. The van der Waals surface area contributed by atoms with Gasteiger partial charge in [0.15, 0.2) is 0 Å². The summed E-state index contributed by atoms with van der Waals surface area (Å²) in [6.45, 7) is 9.31. The highest BCUT2D eigenvalue weighted by Crippen LogP contribution is 2.33. The van der Waals surface area contributed by atoms with Crippen molar-refractivity contribution in [2.24, 2.45) is 5.92 Å². The predicted molar refractivity (Wildman–Crippen MR) is 77.7 cm³/mol. The van der Waals surface area contributed by atoms with E-state index in [1.54, 1.807) is 0 Å². The third-order valence-corrected chi connectivity index (χ3v) is 3.09. The molecule has 0 aliphatic carbocycles. The van der Waals surface area contributed by atoms with Gasteiger partial charge in [-0.05, 0) is 39.4 Å². The molecule has 0 spiro atoms. The molecule has 0 atom stereocenters. The molecular weight excluding hydrogens is 276 g/mol. The maximum atomic E-state index is 5.85. The zero-order valence-electron chi connectivity index (χ0n) is 11.0. The molecule has 0 fully saturated rings. The van der Waals surface area contributed by atoms with E-state index in [-0.39, 0.29) is 0 Å². The van der Waals surface area contributed by atoms with E-state index in [0.29, 0.717) is 18.4 Å². The zero-order chi connectivity index (χ0) is 12.8. The Labute approximate surface area is 113 Å². The summed E-state index contributed by atoms with van der Waals surface area (Å²) in [5.74, 6) is 2.01. The zero-order valence-corrected chi connectivity index (χ0v) is 12.6. The average Bonchev–Trinajstić information content (AvgIpc) is 2.25. The van der Waals surface area contributed by atoms with Gasteiger partial charge in [0.05, 0.1) is 4.47 Å². The molecule has 0 heterocycles. The summed E-state index contributed by atoms with van der Waals surface area (Å²) in [5, 5.41) is 0. The molecule has 0 aliphatic rings. The van der Waals surface area contributed by atoms with Crippen LogP contribution in [0.15, 0.2) is 34.8 Å². The van der Waals surface area contributed by atoms with Crippen LogP contribution in [-0.4, -0.2) is 6.61 Å². The van der Waals surface area contributed by atoms with E-state index in [9.17, 15) is 0 Å². The van der Waals surface area contributed by atoms with Gasteiger partial charge in [-0.3, -0.25) is 0 Å². The lowest BCUT2D eigenvalue weighted by molar-refractivity contribution is 0.354. The van der Waals surface area contributed by atoms with E-state index < -0.39 is 0 Å². The van der Waals surface area contributed by atoms with Crippen LogP contribution in [0.4, 0.5) is 0 Å². The third-order valence-electron chi connectivity index (χ3n) is 2.46. The summed E-state index contributed by atoms with van der Waals surface area (Å²) in [6, 6.07) is 6.19. The van der Waals surface area contributed by atoms with Gasteiger partial charge in [-0.15, -0.1) is 0 Å². The van der Waals surface area contributed by atoms with Crippen molar-refractivity contribution >= 4 is 15.9 Å². The quantitative estimate of drug-likeness (QED) is 0.682. The monoisotopic (exact) mass is 296 g/mol. The molecule has 0 saturated heterocycles. The molecule has 1 aromatic carbocycles. The highest BCUT2D eigenvalue weighted by Gasteiger charge is 2.10. The smallest absolute Gasteiger partial charge is 0.137 e. The molecule has 1 rings (SSSR count). The van der Waals surface area contributed by atoms with Crippen LogP contribution in [-0.2, 0) is 0 Å². The van der Waals surface area contributed by atoms with Crippen molar-refractivity contribution < 1.29 is 4.74 Å². The summed E-state index contributed by atoms with van der Waals surface area (Å²) in [7, 11) is 0. The number of allylic oxidation sites excluding steroid dienone is 1. The standard InChI is InChI=1S/C15H21BrO/c1-11(2)7-6-10-17-15-13(12(3)4)8-5-9-14(15)16/h5-9,11-12H,10H2,1-4H3/b7-6+. The van der Waals surface area contributed by atoms with Gasteiger partial charge >= 0.3 is 0 Å². The number of ether oxygens (including phenoxy) is 1. The molecule has 0 radical (unpaired) electrons. The maximum Gasteiger partial charge on any atom is 0.137 e. The van der Waals surface area contributed by atoms with Crippen molar-refractivity contribution in [3.63, 3.8) is 0 Å². The Bertz CT molecular complexity index is 381. The number of hydrogen-bond acceptors (Lipinski definition) is 1. The minimum absolute atomic E-state index is 0.469. The van der Waals surface area contributed by atoms with Gasteiger partial charge in [0.1, 0.15) is 12.4 Å². The largest absolute Gasteiger partial charge is 0.488 e. The fourth-order valence-electron chi connectivity index (χ4n) is 1.59. The van der Waals surface area contributed by atoms with Crippen molar-refractivity contribution in [1.29, 1.82) is 0 Å². The van der Waals surface area contributed by atoms with Crippen molar-refractivity contribution in [3.05, 3.63) is 40.4 Å². The first-order valence-electron chi connectivity index (χ1n) is 6.10. The molecule has 0 aromatic heterocycles. The third kappa shape index (κ3) is 4.55. The molecule has 0 bridgehead atoms. The highest BCUT2D eigenvalue weighted by molar-refractivity contribution is 9.10. The second-order valence-electron chi connectivity index (χ2n) is 4.80. The lowest BCUT2D eigenvalue weighted by atomic mass is 10.0. The van der Waals surface area contributed by atoms with E-state index in [2.05, 4.69) is 67.9 Å². The van der Waals surface area contributed by atoms with Gasteiger partial charge < -0.3 is 4.74 Å². The van der Waals surface area contributed by atoms with Crippen LogP contribution in [0, 0.1) is 5.92 Å². The van der Waals surface area contributed by atoms with Crippen LogP contribution >= 0.6 is 15.9 Å². The van der Waals surface area contributed by atoms with Crippen LogP contribution in [0.5, 0.6) is 5.75 Å². The number of benzene rings is 1. The van der Waals surface area contributed by atoms with Gasteiger partial charge in [0.25, 0.3) is 0 Å². The van der Waals surface area contributed by atoms with E-state index >= 15 is 0 Å². The Morgan fingerprint density at radius 1 is 1.24 bits per heavy atom. The van der Waals surface area contributed by atoms with E-state index in [0.717, 1.165) is 10.2 Å². The van der Waals surface area contributed by atoms with Gasteiger partial charge in [0, 0.05) is 0 Å².